The van der Waals surface area contributed by atoms with Crippen LogP contribution in [0.5, 0.6) is 0 Å². The summed E-state index contributed by atoms with van der Waals surface area (Å²) < 4.78 is 18.4. The van der Waals surface area contributed by atoms with Crippen molar-refractivity contribution < 1.29 is 18.9 Å². The Bertz CT molecular complexity index is 592. The van der Waals surface area contributed by atoms with Gasteiger partial charge >= 0.3 is 6.09 Å². The summed E-state index contributed by atoms with van der Waals surface area (Å²) in [5, 5.41) is 0.780. The van der Waals surface area contributed by atoms with E-state index in [1.54, 1.807) is 29.2 Å². The summed E-state index contributed by atoms with van der Waals surface area (Å²) in [7, 11) is -2.49. The zero-order chi connectivity index (χ0) is 16.4. The van der Waals surface area contributed by atoms with Crippen molar-refractivity contribution in [2.75, 3.05) is 25.4 Å². The minimum Gasteiger partial charge on any atom is -0.444 e. The first-order valence-corrected chi connectivity index (χ1v) is 9.43. The number of rotatable bonds is 2. The van der Waals surface area contributed by atoms with E-state index in [0.29, 0.717) is 31.0 Å². The summed E-state index contributed by atoms with van der Waals surface area (Å²) in [6.07, 6.45) is 1.32. The van der Waals surface area contributed by atoms with E-state index >= 15 is 0 Å². The summed E-state index contributed by atoms with van der Waals surface area (Å²) in [5.74, 6) is 0. The lowest BCUT2D eigenvalue weighted by molar-refractivity contribution is 0.0267. The molecule has 1 aliphatic rings. The van der Waals surface area contributed by atoms with Crippen molar-refractivity contribution in [2.24, 2.45) is 0 Å². The van der Waals surface area contributed by atoms with E-state index < -0.39 is 12.7 Å². The molecule has 0 aliphatic carbocycles. The molecule has 120 valence electrons. The maximum absolute atomic E-state index is 13.0. The highest BCUT2D eigenvalue weighted by molar-refractivity contribution is 7.71. The molecule has 0 unspecified atom stereocenters. The number of aldehydes is 1. The van der Waals surface area contributed by atoms with Gasteiger partial charge in [0.25, 0.3) is 0 Å². The molecule has 1 heterocycles. The standard InChI is InChI=1S/C16H22NO4P/c1-16(2,3)21-15(19)17-8-10-22(20,11-9-17)14-6-4-13(12-18)5-7-14/h4-7,12H,8-11H2,1-3H3. The number of carbonyl (C=O) groups is 2. The van der Waals surface area contributed by atoms with E-state index in [4.69, 9.17) is 4.74 Å². The van der Waals surface area contributed by atoms with Gasteiger partial charge in [0.2, 0.25) is 0 Å². The molecule has 0 radical (unpaired) electrons. The second kappa shape index (κ2) is 6.25. The van der Waals surface area contributed by atoms with E-state index in [-0.39, 0.29) is 6.09 Å². The maximum Gasteiger partial charge on any atom is 0.410 e. The van der Waals surface area contributed by atoms with Gasteiger partial charge in [-0.05, 0) is 20.8 Å². The van der Waals surface area contributed by atoms with Gasteiger partial charge in [0.05, 0.1) is 0 Å². The summed E-state index contributed by atoms with van der Waals surface area (Å²) in [5.41, 5.74) is 0.0471. The highest BCUT2D eigenvalue weighted by atomic mass is 31.2. The predicted molar refractivity (Wildman–Crippen MR) is 86.6 cm³/mol. The molecule has 0 spiro atoms. The van der Waals surface area contributed by atoms with Crippen molar-refractivity contribution in [2.45, 2.75) is 26.4 Å². The lowest BCUT2D eigenvalue weighted by Crippen LogP contribution is -2.43. The third kappa shape index (κ3) is 3.98. The minimum atomic E-state index is -2.49. The molecule has 22 heavy (non-hydrogen) atoms. The summed E-state index contributed by atoms with van der Waals surface area (Å²) >= 11 is 0. The molecule has 0 N–H and O–H groups in total. The first-order valence-electron chi connectivity index (χ1n) is 7.35. The SMILES string of the molecule is CC(C)(C)OC(=O)N1CCP(=O)(c2ccc(C=O)cc2)CC1. The second-order valence-corrected chi connectivity index (χ2v) is 9.70. The Morgan fingerprint density at radius 1 is 1.18 bits per heavy atom. The third-order valence-corrected chi connectivity index (χ3v) is 6.70. The lowest BCUT2D eigenvalue weighted by atomic mass is 10.2. The van der Waals surface area contributed by atoms with Crippen LogP contribution >= 0.6 is 7.14 Å². The Balaban J connectivity index is 2.02. The average molecular weight is 323 g/mol. The molecular weight excluding hydrogens is 301 g/mol. The number of hydrogen-bond donors (Lipinski definition) is 0. The average Bonchev–Trinajstić information content (AvgIpc) is 2.46. The molecule has 1 aromatic rings. The molecule has 1 fully saturated rings. The minimum absolute atomic E-state index is 0.352. The van der Waals surface area contributed by atoms with Crippen LogP contribution in [0.3, 0.4) is 0 Å². The highest BCUT2D eigenvalue weighted by Gasteiger charge is 2.33. The fourth-order valence-electron chi connectivity index (χ4n) is 2.38. The Morgan fingerprint density at radius 2 is 1.73 bits per heavy atom. The van der Waals surface area contributed by atoms with Crippen LogP contribution in [0.2, 0.25) is 0 Å². The second-order valence-electron chi connectivity index (χ2n) is 6.51. The molecule has 1 aliphatic heterocycles. The molecular formula is C16H22NO4P. The third-order valence-electron chi connectivity index (χ3n) is 3.61. The summed E-state index contributed by atoms with van der Waals surface area (Å²) in [6.45, 7) is 6.35. The van der Waals surface area contributed by atoms with Crippen LogP contribution in [0.1, 0.15) is 31.1 Å². The van der Waals surface area contributed by atoms with Crippen molar-refractivity contribution in [3.05, 3.63) is 29.8 Å². The maximum atomic E-state index is 13.0. The van der Waals surface area contributed by atoms with Crippen molar-refractivity contribution in [1.82, 2.24) is 4.90 Å². The van der Waals surface area contributed by atoms with E-state index in [1.807, 2.05) is 20.8 Å². The molecule has 0 aromatic heterocycles. The highest BCUT2D eigenvalue weighted by Crippen LogP contribution is 2.46. The molecule has 1 saturated heterocycles. The van der Waals surface area contributed by atoms with Crippen LogP contribution < -0.4 is 5.30 Å². The number of ether oxygens (including phenoxy) is 1. The van der Waals surface area contributed by atoms with Crippen LogP contribution in [0, 0.1) is 0 Å². The van der Waals surface area contributed by atoms with Crippen molar-refractivity contribution >= 4 is 24.8 Å². The molecule has 2 rings (SSSR count). The quantitative estimate of drug-likeness (QED) is 0.620. The van der Waals surface area contributed by atoms with Gasteiger partial charge in [-0.15, -0.1) is 0 Å². The van der Waals surface area contributed by atoms with Gasteiger partial charge in [-0.1, -0.05) is 24.3 Å². The van der Waals surface area contributed by atoms with Crippen LogP contribution in [0.25, 0.3) is 0 Å². The van der Waals surface area contributed by atoms with Crippen LogP contribution in [-0.4, -0.2) is 48.3 Å². The first-order chi connectivity index (χ1) is 10.2. The number of carbonyl (C=O) groups excluding carboxylic acids is 2. The Labute approximate surface area is 131 Å². The monoisotopic (exact) mass is 323 g/mol. The smallest absolute Gasteiger partial charge is 0.410 e. The van der Waals surface area contributed by atoms with Gasteiger partial charge in [-0.25, -0.2) is 4.79 Å². The first kappa shape index (κ1) is 16.8. The van der Waals surface area contributed by atoms with Crippen molar-refractivity contribution in [1.29, 1.82) is 0 Å². The van der Waals surface area contributed by atoms with Crippen LogP contribution in [-0.2, 0) is 9.30 Å². The zero-order valence-electron chi connectivity index (χ0n) is 13.2. The molecule has 1 amide bonds. The predicted octanol–water partition coefficient (Wildman–Crippen LogP) is 2.74. The Kier molecular flexibility index (Phi) is 4.76. The number of amides is 1. The van der Waals surface area contributed by atoms with Crippen molar-refractivity contribution in [3.8, 4) is 0 Å². The van der Waals surface area contributed by atoms with Gasteiger partial charge in [0.15, 0.2) is 0 Å². The number of hydrogen-bond acceptors (Lipinski definition) is 4. The van der Waals surface area contributed by atoms with Crippen molar-refractivity contribution in [3.63, 3.8) is 0 Å². The molecule has 0 saturated carbocycles. The van der Waals surface area contributed by atoms with Gasteiger partial charge < -0.3 is 14.2 Å². The summed E-state index contributed by atoms with van der Waals surface area (Å²) in [6, 6.07) is 6.88. The van der Waals surface area contributed by atoms with E-state index in [2.05, 4.69) is 0 Å². The summed E-state index contributed by atoms with van der Waals surface area (Å²) in [4.78, 5) is 24.3. The molecule has 1 aromatic carbocycles. The lowest BCUT2D eigenvalue weighted by Gasteiger charge is -2.33. The van der Waals surface area contributed by atoms with Gasteiger partial charge in [0.1, 0.15) is 19.0 Å². The van der Waals surface area contributed by atoms with E-state index in [1.165, 1.54) is 0 Å². The fraction of sp³-hybridized carbons (Fsp3) is 0.500. The zero-order valence-corrected chi connectivity index (χ0v) is 14.1. The molecule has 5 nitrogen and oxygen atoms in total. The van der Waals surface area contributed by atoms with Gasteiger partial charge in [0, 0.05) is 36.3 Å². The largest absolute Gasteiger partial charge is 0.444 e. The number of nitrogens with zero attached hydrogens (tertiary/aromatic N) is 1. The Morgan fingerprint density at radius 3 is 2.18 bits per heavy atom. The van der Waals surface area contributed by atoms with E-state index in [0.717, 1.165) is 11.6 Å². The van der Waals surface area contributed by atoms with Crippen LogP contribution in [0.15, 0.2) is 24.3 Å². The number of benzene rings is 1. The molecule has 0 atom stereocenters. The normalized spacial score (nSPS) is 17.9. The molecule has 0 bridgehead atoms. The van der Waals surface area contributed by atoms with Crippen LogP contribution in [0.4, 0.5) is 4.79 Å². The van der Waals surface area contributed by atoms with Gasteiger partial charge in [-0.3, -0.25) is 4.79 Å². The Hall–Kier alpha value is -1.61. The molecule has 6 heteroatoms. The fourth-order valence-corrected chi connectivity index (χ4v) is 4.94. The van der Waals surface area contributed by atoms with E-state index in [9.17, 15) is 14.2 Å². The topological polar surface area (TPSA) is 63.7 Å². The van der Waals surface area contributed by atoms with Gasteiger partial charge in [-0.2, -0.15) is 0 Å².